The van der Waals surface area contributed by atoms with E-state index in [0.717, 1.165) is 5.56 Å². The van der Waals surface area contributed by atoms with Crippen molar-refractivity contribution in [2.24, 2.45) is 0 Å². The van der Waals surface area contributed by atoms with Crippen molar-refractivity contribution in [3.8, 4) is 5.75 Å². The van der Waals surface area contributed by atoms with Crippen LogP contribution in [0.1, 0.15) is 15.9 Å². The fraction of sp³-hybridized carbons (Fsp3) is 0.222. The average molecular weight is 201 g/mol. The monoisotopic (exact) mass is 200 g/mol. The van der Waals surface area contributed by atoms with Gasteiger partial charge in [0.05, 0.1) is 17.7 Å². The van der Waals surface area contributed by atoms with Crippen molar-refractivity contribution in [2.75, 3.05) is 7.11 Å². The van der Waals surface area contributed by atoms with E-state index in [1.807, 2.05) is 0 Å². The Labute approximate surface area is 80.9 Å². The van der Waals surface area contributed by atoms with E-state index in [4.69, 9.17) is 11.6 Å². The van der Waals surface area contributed by atoms with E-state index in [2.05, 4.69) is 4.74 Å². The highest BCUT2D eigenvalue weighted by Crippen LogP contribution is 2.28. The van der Waals surface area contributed by atoms with Gasteiger partial charge in [0, 0.05) is 0 Å². The van der Waals surface area contributed by atoms with Gasteiger partial charge in [-0.3, -0.25) is 0 Å². The summed E-state index contributed by atoms with van der Waals surface area (Å²) in [6, 6.07) is 3.04. The van der Waals surface area contributed by atoms with Gasteiger partial charge in [0.1, 0.15) is 5.75 Å². The fourth-order valence-corrected chi connectivity index (χ4v) is 1.19. The van der Waals surface area contributed by atoms with Crippen LogP contribution in [0.4, 0.5) is 0 Å². The lowest BCUT2D eigenvalue weighted by Gasteiger charge is -2.05. The molecule has 0 spiro atoms. The number of carbonyl (C=O) groups excluding carboxylic acids is 1. The molecule has 0 fully saturated rings. The number of phenols is 1. The molecule has 1 rings (SSSR count). The van der Waals surface area contributed by atoms with E-state index in [1.165, 1.54) is 13.2 Å². The van der Waals surface area contributed by atoms with Crippen LogP contribution in [0.5, 0.6) is 5.75 Å². The minimum absolute atomic E-state index is 0.0254. The summed E-state index contributed by atoms with van der Waals surface area (Å²) in [7, 11) is 1.26. The van der Waals surface area contributed by atoms with Gasteiger partial charge in [-0.1, -0.05) is 11.6 Å². The molecule has 0 radical (unpaired) electrons. The molecular weight excluding hydrogens is 192 g/mol. The average Bonchev–Trinajstić information content (AvgIpc) is 2.10. The number of ether oxygens (including phenoxy) is 1. The molecule has 4 heteroatoms. The molecule has 0 aliphatic heterocycles. The van der Waals surface area contributed by atoms with Crippen molar-refractivity contribution < 1.29 is 14.6 Å². The van der Waals surface area contributed by atoms with Crippen molar-refractivity contribution in [2.45, 2.75) is 6.92 Å². The maximum absolute atomic E-state index is 11.1. The zero-order valence-corrected chi connectivity index (χ0v) is 8.05. The number of aromatic hydroxyl groups is 1. The molecule has 1 N–H and O–H groups in total. The first-order chi connectivity index (χ1) is 6.06. The van der Waals surface area contributed by atoms with Crippen LogP contribution in [0, 0.1) is 6.92 Å². The van der Waals surface area contributed by atoms with Crippen LogP contribution >= 0.6 is 11.6 Å². The summed E-state index contributed by atoms with van der Waals surface area (Å²) < 4.78 is 4.49. The largest absolute Gasteiger partial charge is 0.506 e. The van der Waals surface area contributed by atoms with Crippen LogP contribution in [0.3, 0.4) is 0 Å². The summed E-state index contributed by atoms with van der Waals surface area (Å²) in [5.74, 6) is -0.661. The van der Waals surface area contributed by atoms with Gasteiger partial charge in [-0.2, -0.15) is 0 Å². The number of benzene rings is 1. The number of carbonyl (C=O) groups is 1. The number of methoxy groups -OCH3 is 1. The molecule has 0 saturated carbocycles. The molecule has 3 nitrogen and oxygen atoms in total. The topological polar surface area (TPSA) is 46.5 Å². The molecule has 0 saturated heterocycles. The van der Waals surface area contributed by atoms with Crippen molar-refractivity contribution in [1.82, 2.24) is 0 Å². The SMILES string of the molecule is COC(=O)c1cc(C)cc(O)c1Cl. The minimum atomic E-state index is -0.552. The van der Waals surface area contributed by atoms with Crippen molar-refractivity contribution >= 4 is 17.6 Å². The molecule has 0 atom stereocenters. The molecule has 1 aromatic rings. The smallest absolute Gasteiger partial charge is 0.339 e. The third kappa shape index (κ3) is 1.92. The van der Waals surface area contributed by atoms with E-state index < -0.39 is 5.97 Å². The lowest BCUT2D eigenvalue weighted by Crippen LogP contribution is -2.02. The van der Waals surface area contributed by atoms with Gasteiger partial charge >= 0.3 is 5.97 Å². The number of aryl methyl sites for hydroxylation is 1. The highest BCUT2D eigenvalue weighted by Gasteiger charge is 2.14. The maximum atomic E-state index is 11.1. The molecule has 0 unspecified atom stereocenters. The second-order valence-electron chi connectivity index (χ2n) is 2.64. The molecule has 0 aliphatic carbocycles. The third-order valence-corrected chi connectivity index (χ3v) is 2.00. The second-order valence-corrected chi connectivity index (χ2v) is 3.02. The summed E-state index contributed by atoms with van der Waals surface area (Å²) in [5.41, 5.74) is 0.934. The Kier molecular flexibility index (Phi) is 2.78. The number of halogens is 1. The third-order valence-electron chi connectivity index (χ3n) is 1.60. The molecule has 0 amide bonds. The molecule has 1 aromatic carbocycles. The lowest BCUT2D eigenvalue weighted by molar-refractivity contribution is 0.0600. The molecule has 0 heterocycles. The van der Waals surface area contributed by atoms with Crippen LogP contribution in [-0.2, 0) is 4.74 Å². The first-order valence-electron chi connectivity index (χ1n) is 3.63. The zero-order valence-electron chi connectivity index (χ0n) is 7.30. The Morgan fingerprint density at radius 2 is 2.15 bits per heavy atom. The zero-order chi connectivity index (χ0) is 10.0. The van der Waals surface area contributed by atoms with E-state index in [9.17, 15) is 9.90 Å². The second kappa shape index (κ2) is 3.66. The van der Waals surface area contributed by atoms with Gasteiger partial charge in [-0.25, -0.2) is 4.79 Å². The first-order valence-corrected chi connectivity index (χ1v) is 4.01. The highest BCUT2D eigenvalue weighted by atomic mass is 35.5. The van der Waals surface area contributed by atoms with Gasteiger partial charge in [0.15, 0.2) is 0 Å². The summed E-state index contributed by atoms with van der Waals surface area (Å²) in [5, 5.41) is 9.31. The Morgan fingerprint density at radius 1 is 1.54 bits per heavy atom. The number of hydrogen-bond donors (Lipinski definition) is 1. The number of hydrogen-bond acceptors (Lipinski definition) is 3. The van der Waals surface area contributed by atoms with Crippen LogP contribution in [-0.4, -0.2) is 18.2 Å². The first kappa shape index (κ1) is 9.86. The van der Waals surface area contributed by atoms with Crippen LogP contribution in [0.25, 0.3) is 0 Å². The number of rotatable bonds is 1. The van der Waals surface area contributed by atoms with E-state index in [-0.39, 0.29) is 16.3 Å². The van der Waals surface area contributed by atoms with E-state index in [0.29, 0.717) is 0 Å². The predicted molar refractivity (Wildman–Crippen MR) is 49.2 cm³/mol. The normalized spacial score (nSPS) is 9.77. The van der Waals surface area contributed by atoms with Crippen LogP contribution in [0.15, 0.2) is 12.1 Å². The molecule has 70 valence electrons. The Bertz CT molecular complexity index is 347. The predicted octanol–water partition coefficient (Wildman–Crippen LogP) is 2.14. The van der Waals surface area contributed by atoms with Gasteiger partial charge in [-0.05, 0) is 24.6 Å². The molecule has 0 bridgehead atoms. The molecule has 0 aromatic heterocycles. The van der Waals surface area contributed by atoms with Crippen molar-refractivity contribution in [3.05, 3.63) is 28.3 Å². The van der Waals surface area contributed by atoms with E-state index in [1.54, 1.807) is 13.0 Å². The van der Waals surface area contributed by atoms with Gasteiger partial charge < -0.3 is 9.84 Å². The van der Waals surface area contributed by atoms with Crippen molar-refractivity contribution in [1.29, 1.82) is 0 Å². The summed E-state index contributed by atoms with van der Waals surface area (Å²) >= 11 is 5.69. The van der Waals surface area contributed by atoms with Crippen LogP contribution in [0.2, 0.25) is 5.02 Å². The minimum Gasteiger partial charge on any atom is -0.506 e. The summed E-state index contributed by atoms with van der Waals surface area (Å²) in [6.07, 6.45) is 0. The van der Waals surface area contributed by atoms with Gasteiger partial charge in [0.2, 0.25) is 0 Å². The van der Waals surface area contributed by atoms with Crippen molar-refractivity contribution in [3.63, 3.8) is 0 Å². The Balaban J connectivity index is 3.28. The van der Waals surface area contributed by atoms with Gasteiger partial charge in [-0.15, -0.1) is 0 Å². The summed E-state index contributed by atoms with van der Waals surface area (Å²) in [4.78, 5) is 11.1. The molecular formula is C9H9ClO3. The quantitative estimate of drug-likeness (QED) is 0.707. The summed E-state index contributed by atoms with van der Waals surface area (Å²) in [6.45, 7) is 1.75. The molecule has 0 aliphatic rings. The highest BCUT2D eigenvalue weighted by molar-refractivity contribution is 6.35. The van der Waals surface area contributed by atoms with E-state index >= 15 is 0 Å². The Morgan fingerprint density at radius 3 is 2.69 bits per heavy atom. The maximum Gasteiger partial charge on any atom is 0.339 e. The standard InChI is InChI=1S/C9H9ClO3/c1-5-3-6(9(12)13-2)8(10)7(11)4-5/h3-4,11H,1-2H3. The van der Waals surface area contributed by atoms with Gasteiger partial charge in [0.25, 0.3) is 0 Å². The lowest BCUT2D eigenvalue weighted by atomic mass is 10.1. The van der Waals surface area contributed by atoms with Crippen LogP contribution < -0.4 is 0 Å². The Hall–Kier alpha value is -1.22. The molecule has 13 heavy (non-hydrogen) atoms. The fourth-order valence-electron chi connectivity index (χ4n) is 1.01. The number of esters is 1. The number of phenolic OH excluding ortho intramolecular Hbond substituents is 1.